The standard InChI is InChI=1S/C20H16N4O10S3/c21-13-4-6-14(12-7-9(35(26,27)28)1-2-10(12)13)23-24-15-5-3-11-16(36(29,30)31)8-17(37(32,33)34)19(22)18(11)20(15)25/h1-8,25H,21-22H2,(H,26,27,28)(H,29,30,31)(H,32,33,34). The SMILES string of the molecule is Nc1ccc(N=Nc2ccc3c(S(=O)(=O)O)cc(S(=O)(=O)O)c(N)c3c2O)c2cc(S(=O)(=O)O)ccc12. The summed E-state index contributed by atoms with van der Waals surface area (Å²) in [5.74, 6) is -0.840. The highest BCUT2D eigenvalue weighted by Gasteiger charge is 2.26. The molecular weight excluding hydrogens is 552 g/mol. The summed E-state index contributed by atoms with van der Waals surface area (Å²) in [5.41, 5.74) is 11.0. The van der Waals surface area contributed by atoms with Crippen molar-refractivity contribution in [3.05, 3.63) is 48.5 Å². The lowest BCUT2D eigenvalue weighted by molar-refractivity contribution is 0.478. The maximum Gasteiger partial charge on any atom is 0.296 e. The molecule has 4 aromatic rings. The number of nitrogen functional groups attached to an aromatic ring is 2. The quantitative estimate of drug-likeness (QED) is 0.115. The van der Waals surface area contributed by atoms with E-state index in [9.17, 15) is 44.0 Å². The zero-order valence-corrected chi connectivity index (χ0v) is 20.6. The molecule has 0 saturated carbocycles. The van der Waals surface area contributed by atoms with E-state index in [2.05, 4.69) is 10.2 Å². The van der Waals surface area contributed by atoms with Crippen molar-refractivity contribution in [3.63, 3.8) is 0 Å². The topological polar surface area (TPSA) is 260 Å². The minimum Gasteiger partial charge on any atom is -0.505 e. The summed E-state index contributed by atoms with van der Waals surface area (Å²) < 4.78 is 98.6. The van der Waals surface area contributed by atoms with Gasteiger partial charge in [0.2, 0.25) is 0 Å². The number of phenolic OH excluding ortho intramolecular Hbond substituents is 1. The molecule has 194 valence electrons. The molecule has 0 aromatic heterocycles. The first-order valence-corrected chi connectivity index (χ1v) is 14.1. The molecule has 4 rings (SSSR count). The Hall–Kier alpha value is -3.87. The van der Waals surface area contributed by atoms with E-state index in [1.807, 2.05) is 0 Å². The average molecular weight is 569 g/mol. The maximum atomic E-state index is 11.8. The van der Waals surface area contributed by atoms with Crippen LogP contribution in [-0.2, 0) is 30.4 Å². The second-order valence-corrected chi connectivity index (χ2v) is 11.9. The zero-order valence-electron chi connectivity index (χ0n) is 18.1. The third-order valence-corrected chi connectivity index (χ3v) is 7.97. The summed E-state index contributed by atoms with van der Waals surface area (Å²) >= 11 is 0. The Bertz CT molecular complexity index is 1990. The fraction of sp³-hybridized carbons (Fsp3) is 0. The van der Waals surface area contributed by atoms with Gasteiger partial charge < -0.3 is 16.6 Å². The Morgan fingerprint density at radius 2 is 1.19 bits per heavy atom. The zero-order chi connectivity index (χ0) is 27.5. The van der Waals surface area contributed by atoms with E-state index in [-0.39, 0.29) is 27.8 Å². The molecule has 0 unspecified atom stereocenters. The van der Waals surface area contributed by atoms with Crippen molar-refractivity contribution >= 4 is 74.6 Å². The molecule has 14 nitrogen and oxygen atoms in total. The second kappa shape index (κ2) is 8.61. The fourth-order valence-corrected chi connectivity index (χ4v) is 5.60. The number of anilines is 2. The van der Waals surface area contributed by atoms with Crippen LogP contribution in [0.25, 0.3) is 21.5 Å². The van der Waals surface area contributed by atoms with E-state index in [4.69, 9.17) is 11.5 Å². The largest absolute Gasteiger partial charge is 0.505 e. The van der Waals surface area contributed by atoms with Gasteiger partial charge in [-0.05, 0) is 36.4 Å². The van der Waals surface area contributed by atoms with Crippen LogP contribution in [0, 0.1) is 0 Å². The molecule has 4 aromatic carbocycles. The third kappa shape index (κ3) is 4.78. The molecule has 17 heteroatoms. The molecule has 0 saturated heterocycles. The summed E-state index contributed by atoms with van der Waals surface area (Å²) in [4.78, 5) is -2.48. The molecule has 0 fully saturated rings. The second-order valence-electron chi connectivity index (χ2n) is 7.65. The normalized spacial score (nSPS) is 13.1. The van der Waals surface area contributed by atoms with Crippen LogP contribution >= 0.6 is 0 Å². The highest BCUT2D eigenvalue weighted by Crippen LogP contribution is 2.44. The predicted octanol–water partition coefficient (Wildman–Crippen LogP) is 3.02. The van der Waals surface area contributed by atoms with Gasteiger partial charge in [0.05, 0.1) is 21.7 Å². The van der Waals surface area contributed by atoms with E-state index in [0.29, 0.717) is 11.5 Å². The highest BCUT2D eigenvalue weighted by molar-refractivity contribution is 7.87. The predicted molar refractivity (Wildman–Crippen MR) is 132 cm³/mol. The number of benzene rings is 4. The van der Waals surface area contributed by atoms with Crippen LogP contribution in [0.2, 0.25) is 0 Å². The molecule has 0 radical (unpaired) electrons. The van der Waals surface area contributed by atoms with E-state index < -0.39 is 61.9 Å². The third-order valence-electron chi connectivity index (χ3n) is 5.34. The van der Waals surface area contributed by atoms with E-state index >= 15 is 0 Å². The summed E-state index contributed by atoms with van der Waals surface area (Å²) in [6.07, 6.45) is 0. The van der Waals surface area contributed by atoms with Gasteiger partial charge >= 0.3 is 0 Å². The Labute approximate surface area is 209 Å². The van der Waals surface area contributed by atoms with Gasteiger partial charge in [-0.2, -0.15) is 25.3 Å². The van der Waals surface area contributed by atoms with Crippen LogP contribution in [-0.4, -0.2) is 44.0 Å². The Kier molecular flexibility index (Phi) is 6.10. The first kappa shape index (κ1) is 26.2. The molecule has 0 bridgehead atoms. The van der Waals surface area contributed by atoms with E-state index in [1.165, 1.54) is 18.2 Å². The van der Waals surface area contributed by atoms with Crippen molar-refractivity contribution in [1.29, 1.82) is 0 Å². The van der Waals surface area contributed by atoms with E-state index in [0.717, 1.165) is 24.3 Å². The molecule has 0 aliphatic rings. The first-order chi connectivity index (χ1) is 17.0. The number of azo groups is 1. The van der Waals surface area contributed by atoms with Crippen molar-refractivity contribution in [1.82, 2.24) is 0 Å². The Balaban J connectivity index is 1.98. The van der Waals surface area contributed by atoms with Gasteiger partial charge in [0.15, 0.2) is 5.75 Å². The highest BCUT2D eigenvalue weighted by atomic mass is 32.2. The van der Waals surface area contributed by atoms with Crippen LogP contribution in [0.1, 0.15) is 0 Å². The van der Waals surface area contributed by atoms with Crippen molar-refractivity contribution in [2.24, 2.45) is 10.2 Å². The van der Waals surface area contributed by atoms with Crippen molar-refractivity contribution in [3.8, 4) is 5.75 Å². The lowest BCUT2D eigenvalue weighted by Crippen LogP contribution is -2.08. The molecule has 37 heavy (non-hydrogen) atoms. The summed E-state index contributed by atoms with van der Waals surface area (Å²) in [6, 6.07) is 8.98. The molecular formula is C20H16N4O10S3. The average Bonchev–Trinajstić information content (AvgIpc) is 2.77. The number of rotatable bonds is 5. The van der Waals surface area contributed by atoms with Crippen LogP contribution in [0.15, 0.2) is 73.4 Å². The van der Waals surface area contributed by atoms with Gasteiger partial charge in [-0.1, -0.05) is 12.1 Å². The lowest BCUT2D eigenvalue weighted by atomic mass is 10.1. The number of hydrogen-bond donors (Lipinski definition) is 6. The number of nitrogens with zero attached hydrogens (tertiary/aromatic N) is 2. The van der Waals surface area contributed by atoms with Crippen molar-refractivity contribution < 1.29 is 44.0 Å². The van der Waals surface area contributed by atoms with Gasteiger partial charge in [-0.25, -0.2) is 0 Å². The minimum absolute atomic E-state index is 0.0486. The van der Waals surface area contributed by atoms with Gasteiger partial charge in [0.1, 0.15) is 15.5 Å². The summed E-state index contributed by atoms with van der Waals surface area (Å²) in [5, 5.41) is 18.2. The van der Waals surface area contributed by atoms with Gasteiger partial charge in [-0.3, -0.25) is 13.7 Å². The molecule has 8 N–H and O–H groups in total. The fourth-order valence-electron chi connectivity index (χ4n) is 3.65. The molecule has 0 aliphatic heterocycles. The molecule has 0 heterocycles. The van der Waals surface area contributed by atoms with Gasteiger partial charge in [0.25, 0.3) is 30.4 Å². The first-order valence-electron chi connectivity index (χ1n) is 9.75. The number of phenols is 1. The number of nitrogens with two attached hydrogens (primary N) is 2. The Morgan fingerprint density at radius 1 is 0.622 bits per heavy atom. The number of aromatic hydroxyl groups is 1. The molecule has 0 spiro atoms. The molecule has 0 amide bonds. The van der Waals surface area contributed by atoms with Crippen LogP contribution in [0.4, 0.5) is 22.7 Å². The van der Waals surface area contributed by atoms with Gasteiger partial charge in [0, 0.05) is 21.8 Å². The molecule has 0 aliphatic carbocycles. The van der Waals surface area contributed by atoms with Crippen LogP contribution < -0.4 is 11.5 Å². The monoisotopic (exact) mass is 568 g/mol. The smallest absolute Gasteiger partial charge is 0.296 e. The van der Waals surface area contributed by atoms with E-state index in [1.54, 1.807) is 0 Å². The molecule has 0 atom stereocenters. The number of hydrogen-bond acceptors (Lipinski definition) is 11. The summed E-state index contributed by atoms with van der Waals surface area (Å²) in [6.45, 7) is 0. The van der Waals surface area contributed by atoms with Crippen LogP contribution in [0.3, 0.4) is 0 Å². The Morgan fingerprint density at radius 3 is 1.78 bits per heavy atom. The summed E-state index contributed by atoms with van der Waals surface area (Å²) in [7, 11) is -14.7. The van der Waals surface area contributed by atoms with Crippen LogP contribution in [0.5, 0.6) is 5.75 Å². The maximum absolute atomic E-state index is 11.8. The number of fused-ring (bicyclic) bond motifs is 2. The van der Waals surface area contributed by atoms with Crippen molar-refractivity contribution in [2.45, 2.75) is 14.7 Å². The minimum atomic E-state index is -5.08. The lowest BCUT2D eigenvalue weighted by Gasteiger charge is -2.13. The van der Waals surface area contributed by atoms with Gasteiger partial charge in [-0.15, -0.1) is 10.2 Å². The van der Waals surface area contributed by atoms with Crippen molar-refractivity contribution in [2.75, 3.05) is 11.5 Å².